The summed E-state index contributed by atoms with van der Waals surface area (Å²) in [6, 6.07) is 12.4. The molecule has 6 heteroatoms. The summed E-state index contributed by atoms with van der Waals surface area (Å²) in [4.78, 5) is 22.5. The summed E-state index contributed by atoms with van der Waals surface area (Å²) in [5.74, 6) is 0.287. The van der Waals surface area contributed by atoms with E-state index in [0.29, 0.717) is 17.6 Å². The number of hydrogen-bond donors (Lipinski definition) is 1. The van der Waals surface area contributed by atoms with Crippen LogP contribution in [-0.2, 0) is 0 Å². The Morgan fingerprint density at radius 1 is 1.28 bits per heavy atom. The Balaban J connectivity index is 1.57. The molecule has 1 amide bonds. The monoisotopic (exact) mass is 401 g/mol. The lowest BCUT2D eigenvalue weighted by Gasteiger charge is -2.32. The van der Waals surface area contributed by atoms with Gasteiger partial charge in [0.25, 0.3) is 5.91 Å². The van der Waals surface area contributed by atoms with Crippen LogP contribution in [0.2, 0.25) is 0 Å². The molecule has 1 aliphatic heterocycles. The predicted octanol–water partition coefficient (Wildman–Crippen LogP) is 4.48. The molecule has 1 N–H and O–H groups in total. The Bertz CT molecular complexity index is 906. The smallest absolute Gasteiger partial charge is 0.256 e. The van der Waals surface area contributed by atoms with E-state index in [-0.39, 0.29) is 17.4 Å². The number of nitrogens with one attached hydrogen (secondary N) is 1. The third-order valence-electron chi connectivity index (χ3n) is 4.66. The molecular formula is C19H17BrFN3O. The third-order valence-corrected chi connectivity index (χ3v) is 5.16. The van der Waals surface area contributed by atoms with Crippen molar-refractivity contribution in [1.29, 1.82) is 0 Å². The highest BCUT2D eigenvalue weighted by atomic mass is 79.9. The molecule has 0 radical (unpaired) electrons. The quantitative estimate of drug-likeness (QED) is 0.687. The molecule has 4 rings (SSSR count). The fourth-order valence-electron chi connectivity index (χ4n) is 3.38. The summed E-state index contributed by atoms with van der Waals surface area (Å²) in [5.41, 5.74) is 2.05. The van der Waals surface area contributed by atoms with Gasteiger partial charge in [0.1, 0.15) is 11.6 Å². The van der Waals surface area contributed by atoms with E-state index in [0.717, 1.165) is 29.7 Å². The molecule has 3 aromatic rings. The number of aromatic nitrogens is 2. The first kappa shape index (κ1) is 16.3. The number of para-hydroxylation sites is 2. The molecule has 0 bridgehead atoms. The van der Waals surface area contributed by atoms with Crippen LogP contribution in [0.3, 0.4) is 0 Å². The molecule has 4 nitrogen and oxygen atoms in total. The predicted molar refractivity (Wildman–Crippen MR) is 98.1 cm³/mol. The molecule has 2 aromatic carbocycles. The van der Waals surface area contributed by atoms with Gasteiger partial charge in [0.05, 0.1) is 16.6 Å². The standard InChI is InChI=1S/C19H17BrFN3O/c20-13-7-8-14(15(21)10-13)19(25)24-9-3-4-12(11-24)18-22-16-5-1-2-6-17(16)23-18/h1-2,5-8,10,12H,3-4,9,11H2,(H,22,23)/t12-/m1/s1. The van der Waals surface area contributed by atoms with Crippen LogP contribution in [0.1, 0.15) is 34.9 Å². The molecule has 1 saturated heterocycles. The van der Waals surface area contributed by atoms with Gasteiger partial charge in [-0.25, -0.2) is 9.37 Å². The Kier molecular flexibility index (Phi) is 4.29. The minimum absolute atomic E-state index is 0.119. The van der Waals surface area contributed by atoms with Crippen molar-refractivity contribution in [2.45, 2.75) is 18.8 Å². The minimum atomic E-state index is -0.495. The number of imidazole rings is 1. The van der Waals surface area contributed by atoms with E-state index < -0.39 is 5.82 Å². The van der Waals surface area contributed by atoms with Gasteiger partial charge in [0.15, 0.2) is 0 Å². The number of halogens is 2. The summed E-state index contributed by atoms with van der Waals surface area (Å²) >= 11 is 3.22. The highest BCUT2D eigenvalue weighted by Gasteiger charge is 2.28. The zero-order valence-corrected chi connectivity index (χ0v) is 15.1. The van der Waals surface area contributed by atoms with E-state index in [1.807, 2.05) is 24.3 Å². The van der Waals surface area contributed by atoms with E-state index in [2.05, 4.69) is 25.9 Å². The fourth-order valence-corrected chi connectivity index (χ4v) is 3.72. The van der Waals surface area contributed by atoms with Gasteiger partial charge in [0.2, 0.25) is 0 Å². The average molecular weight is 402 g/mol. The van der Waals surface area contributed by atoms with E-state index in [1.165, 1.54) is 12.1 Å². The Morgan fingerprint density at radius 2 is 2.12 bits per heavy atom. The number of piperidine rings is 1. The molecule has 2 heterocycles. The number of H-pyrrole nitrogens is 1. The number of carbonyl (C=O) groups excluding carboxylic acids is 1. The lowest BCUT2D eigenvalue weighted by atomic mass is 9.96. The van der Waals surface area contributed by atoms with E-state index >= 15 is 0 Å². The molecule has 1 aliphatic rings. The summed E-state index contributed by atoms with van der Waals surface area (Å²) in [6.45, 7) is 1.19. The van der Waals surface area contributed by atoms with Crippen LogP contribution in [-0.4, -0.2) is 33.9 Å². The molecule has 128 valence electrons. The summed E-state index contributed by atoms with van der Waals surface area (Å²) in [6.07, 6.45) is 1.85. The van der Waals surface area contributed by atoms with Crippen molar-refractivity contribution in [3.8, 4) is 0 Å². The molecule has 1 aromatic heterocycles. The van der Waals surface area contributed by atoms with Crippen LogP contribution < -0.4 is 0 Å². The minimum Gasteiger partial charge on any atom is -0.342 e. The van der Waals surface area contributed by atoms with E-state index in [9.17, 15) is 9.18 Å². The number of amides is 1. The summed E-state index contributed by atoms with van der Waals surface area (Å²) < 4.78 is 14.7. The Hall–Kier alpha value is -2.21. The van der Waals surface area contributed by atoms with Crippen molar-refractivity contribution in [1.82, 2.24) is 14.9 Å². The number of carbonyl (C=O) groups is 1. The number of aromatic amines is 1. The first-order valence-corrected chi connectivity index (χ1v) is 9.10. The van der Waals surface area contributed by atoms with Gasteiger partial charge in [-0.3, -0.25) is 4.79 Å². The lowest BCUT2D eigenvalue weighted by Crippen LogP contribution is -2.39. The van der Waals surface area contributed by atoms with Gasteiger partial charge in [-0.05, 0) is 43.2 Å². The topological polar surface area (TPSA) is 49.0 Å². The molecule has 1 fully saturated rings. The summed E-state index contributed by atoms with van der Waals surface area (Å²) in [7, 11) is 0. The van der Waals surface area contributed by atoms with Gasteiger partial charge >= 0.3 is 0 Å². The van der Waals surface area contributed by atoms with Gasteiger partial charge in [-0.15, -0.1) is 0 Å². The van der Waals surface area contributed by atoms with Crippen molar-refractivity contribution >= 4 is 32.9 Å². The van der Waals surface area contributed by atoms with Crippen molar-refractivity contribution in [2.75, 3.05) is 13.1 Å². The molecule has 0 unspecified atom stereocenters. The second kappa shape index (κ2) is 6.59. The first-order chi connectivity index (χ1) is 12.1. The molecular weight excluding hydrogens is 385 g/mol. The van der Waals surface area contributed by atoms with Gasteiger partial charge < -0.3 is 9.88 Å². The molecule has 0 saturated carbocycles. The van der Waals surface area contributed by atoms with Crippen molar-refractivity contribution in [3.63, 3.8) is 0 Å². The second-order valence-corrected chi connectivity index (χ2v) is 7.27. The number of fused-ring (bicyclic) bond motifs is 1. The first-order valence-electron chi connectivity index (χ1n) is 8.31. The highest BCUT2D eigenvalue weighted by molar-refractivity contribution is 9.10. The van der Waals surface area contributed by atoms with Crippen molar-refractivity contribution < 1.29 is 9.18 Å². The Labute approximate surface area is 153 Å². The van der Waals surface area contributed by atoms with Crippen LogP contribution >= 0.6 is 15.9 Å². The highest BCUT2D eigenvalue weighted by Crippen LogP contribution is 2.28. The SMILES string of the molecule is O=C(c1ccc(Br)cc1F)N1CCC[C@@H](c2nc3ccccc3[nH]2)C1. The Morgan fingerprint density at radius 3 is 2.92 bits per heavy atom. The van der Waals surface area contributed by atoms with Crippen LogP contribution in [0.25, 0.3) is 11.0 Å². The van der Waals surface area contributed by atoms with Crippen LogP contribution in [0.4, 0.5) is 4.39 Å². The lowest BCUT2D eigenvalue weighted by molar-refractivity contribution is 0.0700. The zero-order valence-electron chi connectivity index (χ0n) is 13.5. The van der Waals surface area contributed by atoms with E-state index in [1.54, 1.807) is 11.0 Å². The fraction of sp³-hybridized carbons (Fsp3) is 0.263. The number of likely N-dealkylation sites (tertiary alicyclic amines) is 1. The maximum absolute atomic E-state index is 14.1. The summed E-state index contributed by atoms with van der Waals surface area (Å²) in [5, 5.41) is 0. The maximum atomic E-state index is 14.1. The molecule has 25 heavy (non-hydrogen) atoms. The zero-order chi connectivity index (χ0) is 17.4. The molecule has 0 spiro atoms. The van der Waals surface area contributed by atoms with Gasteiger partial charge in [0, 0.05) is 23.5 Å². The van der Waals surface area contributed by atoms with E-state index in [4.69, 9.17) is 0 Å². The number of rotatable bonds is 2. The number of hydrogen-bond acceptors (Lipinski definition) is 2. The third kappa shape index (κ3) is 3.18. The number of nitrogens with zero attached hydrogens (tertiary/aromatic N) is 2. The van der Waals surface area contributed by atoms with Crippen molar-refractivity contribution in [3.05, 3.63) is 64.1 Å². The van der Waals surface area contributed by atoms with Crippen molar-refractivity contribution in [2.24, 2.45) is 0 Å². The largest absolute Gasteiger partial charge is 0.342 e. The van der Waals surface area contributed by atoms with Crippen LogP contribution in [0, 0.1) is 5.82 Å². The van der Waals surface area contributed by atoms with Gasteiger partial charge in [-0.1, -0.05) is 28.1 Å². The number of benzene rings is 2. The normalized spacial score (nSPS) is 17.8. The molecule has 1 atom stereocenters. The maximum Gasteiger partial charge on any atom is 0.256 e. The van der Waals surface area contributed by atoms with Gasteiger partial charge in [-0.2, -0.15) is 0 Å². The second-order valence-electron chi connectivity index (χ2n) is 6.35. The molecule has 0 aliphatic carbocycles. The van der Waals surface area contributed by atoms with Crippen LogP contribution in [0.5, 0.6) is 0 Å². The average Bonchev–Trinajstić information content (AvgIpc) is 3.05. The van der Waals surface area contributed by atoms with Crippen LogP contribution in [0.15, 0.2) is 46.9 Å².